The van der Waals surface area contributed by atoms with E-state index < -0.39 is 22.2 Å². The van der Waals surface area contributed by atoms with Crippen LogP contribution in [0.15, 0.2) is 18.2 Å². The van der Waals surface area contributed by atoms with Crippen molar-refractivity contribution in [3.8, 4) is 0 Å². The first-order valence-electron chi connectivity index (χ1n) is 6.10. The number of hydrogen-bond acceptors (Lipinski definition) is 4. The summed E-state index contributed by atoms with van der Waals surface area (Å²) in [7, 11) is 0. The predicted octanol–water partition coefficient (Wildman–Crippen LogP) is 2.42. The van der Waals surface area contributed by atoms with Gasteiger partial charge in [0.15, 0.2) is 0 Å². The van der Waals surface area contributed by atoms with Gasteiger partial charge >= 0.3 is 5.97 Å². The van der Waals surface area contributed by atoms with Crippen molar-refractivity contribution in [2.24, 2.45) is 0 Å². The highest BCUT2D eigenvalue weighted by molar-refractivity contribution is 5.77. The van der Waals surface area contributed by atoms with Crippen molar-refractivity contribution in [2.45, 2.75) is 32.9 Å². The van der Waals surface area contributed by atoms with Gasteiger partial charge in [0.1, 0.15) is 11.4 Å². The fraction of sp³-hybridized carbons (Fsp3) is 0.462. The molecular formula is C13H17FN2O4. The van der Waals surface area contributed by atoms with Gasteiger partial charge < -0.3 is 5.11 Å². The lowest BCUT2D eigenvalue weighted by atomic mass is 10.0. The molecular weight excluding hydrogens is 267 g/mol. The van der Waals surface area contributed by atoms with E-state index in [2.05, 4.69) is 0 Å². The van der Waals surface area contributed by atoms with Gasteiger partial charge in [-0.05, 0) is 32.0 Å². The molecule has 110 valence electrons. The zero-order valence-corrected chi connectivity index (χ0v) is 11.6. The Morgan fingerprint density at radius 1 is 1.45 bits per heavy atom. The van der Waals surface area contributed by atoms with Crippen LogP contribution in [0.3, 0.4) is 0 Å². The lowest BCUT2D eigenvalue weighted by Crippen LogP contribution is -2.49. The summed E-state index contributed by atoms with van der Waals surface area (Å²) < 4.78 is 13.4. The van der Waals surface area contributed by atoms with Crippen molar-refractivity contribution >= 4 is 11.7 Å². The molecule has 7 heteroatoms. The van der Waals surface area contributed by atoms with E-state index >= 15 is 0 Å². The Labute approximate surface area is 116 Å². The van der Waals surface area contributed by atoms with E-state index in [0.717, 1.165) is 6.07 Å². The van der Waals surface area contributed by atoms with Gasteiger partial charge in [-0.1, -0.05) is 6.92 Å². The molecule has 1 rings (SSSR count). The maximum atomic E-state index is 13.4. The van der Waals surface area contributed by atoms with E-state index in [4.69, 9.17) is 0 Å². The molecule has 1 aromatic rings. The number of nitro benzene ring substituents is 1. The van der Waals surface area contributed by atoms with Crippen LogP contribution in [0.5, 0.6) is 0 Å². The van der Waals surface area contributed by atoms with Crippen LogP contribution in [0, 0.1) is 15.9 Å². The standard InChI is InChI=1S/C13H17FN2O4/c1-4-15(13(2,3)12(17)18)8-9-5-10(14)7-11(6-9)16(19)20/h5-7H,4,8H2,1-3H3,(H,17,18). The van der Waals surface area contributed by atoms with Crippen molar-refractivity contribution in [2.75, 3.05) is 6.54 Å². The molecule has 6 nitrogen and oxygen atoms in total. The summed E-state index contributed by atoms with van der Waals surface area (Å²) in [5.41, 5.74) is -1.12. The van der Waals surface area contributed by atoms with Crippen LogP contribution >= 0.6 is 0 Å². The molecule has 0 aromatic heterocycles. The molecule has 0 unspecified atom stereocenters. The van der Waals surface area contributed by atoms with E-state index in [1.54, 1.807) is 11.8 Å². The molecule has 1 N–H and O–H groups in total. The highest BCUT2D eigenvalue weighted by atomic mass is 19.1. The number of carboxylic acid groups (broad SMARTS) is 1. The van der Waals surface area contributed by atoms with Crippen LogP contribution < -0.4 is 0 Å². The molecule has 0 aliphatic carbocycles. The minimum absolute atomic E-state index is 0.119. The third kappa shape index (κ3) is 3.51. The van der Waals surface area contributed by atoms with Crippen molar-refractivity contribution in [1.29, 1.82) is 0 Å². The van der Waals surface area contributed by atoms with Gasteiger partial charge in [0.25, 0.3) is 5.69 Å². The van der Waals surface area contributed by atoms with Gasteiger partial charge in [0, 0.05) is 12.6 Å². The minimum atomic E-state index is -1.14. The Bertz CT molecular complexity index is 531. The van der Waals surface area contributed by atoms with Crippen LogP contribution in [0.2, 0.25) is 0 Å². The third-order valence-electron chi connectivity index (χ3n) is 3.22. The van der Waals surface area contributed by atoms with Gasteiger partial charge in [-0.3, -0.25) is 19.8 Å². The molecule has 20 heavy (non-hydrogen) atoms. The molecule has 0 saturated heterocycles. The fourth-order valence-corrected chi connectivity index (χ4v) is 1.89. The maximum Gasteiger partial charge on any atom is 0.323 e. The lowest BCUT2D eigenvalue weighted by molar-refractivity contribution is -0.385. The van der Waals surface area contributed by atoms with Crippen molar-refractivity contribution < 1.29 is 19.2 Å². The smallest absolute Gasteiger partial charge is 0.323 e. The fourth-order valence-electron chi connectivity index (χ4n) is 1.89. The van der Waals surface area contributed by atoms with Crippen molar-refractivity contribution in [3.63, 3.8) is 0 Å². The predicted molar refractivity (Wildman–Crippen MR) is 70.9 cm³/mol. The molecule has 0 fully saturated rings. The average molecular weight is 284 g/mol. The van der Waals surface area contributed by atoms with Gasteiger partial charge in [-0.25, -0.2) is 4.39 Å². The quantitative estimate of drug-likeness (QED) is 0.640. The minimum Gasteiger partial charge on any atom is -0.480 e. The molecule has 0 bridgehead atoms. The van der Waals surface area contributed by atoms with Crippen molar-refractivity contribution in [1.82, 2.24) is 4.90 Å². The van der Waals surface area contributed by atoms with Gasteiger partial charge in [-0.15, -0.1) is 0 Å². The summed E-state index contributed by atoms with van der Waals surface area (Å²) in [5.74, 6) is -1.72. The summed E-state index contributed by atoms with van der Waals surface area (Å²) in [6, 6.07) is 3.26. The summed E-state index contributed by atoms with van der Waals surface area (Å²) in [4.78, 5) is 22.9. The molecule has 0 amide bonds. The van der Waals surface area contributed by atoms with E-state index in [0.29, 0.717) is 12.1 Å². The Balaban J connectivity index is 3.07. The number of nitrogens with zero attached hydrogens (tertiary/aromatic N) is 2. The highest BCUT2D eigenvalue weighted by Crippen LogP contribution is 2.22. The van der Waals surface area contributed by atoms with Gasteiger partial charge in [0.2, 0.25) is 0 Å². The number of aliphatic carboxylic acids is 1. The third-order valence-corrected chi connectivity index (χ3v) is 3.22. The zero-order valence-electron chi connectivity index (χ0n) is 11.6. The van der Waals surface area contributed by atoms with Crippen molar-refractivity contribution in [3.05, 3.63) is 39.7 Å². The molecule has 1 aromatic carbocycles. The second kappa shape index (κ2) is 5.96. The molecule has 0 radical (unpaired) electrons. The van der Waals surface area contributed by atoms with E-state index in [1.807, 2.05) is 0 Å². The Hall–Kier alpha value is -2.02. The number of hydrogen-bond donors (Lipinski definition) is 1. The van der Waals surface area contributed by atoms with Crippen LogP contribution in [-0.4, -0.2) is 33.0 Å². The molecule has 0 aliphatic rings. The number of nitro groups is 1. The van der Waals surface area contributed by atoms with Crippen LogP contribution in [0.25, 0.3) is 0 Å². The number of non-ortho nitro benzene ring substituents is 1. The lowest BCUT2D eigenvalue weighted by Gasteiger charge is -2.34. The van der Waals surface area contributed by atoms with Gasteiger partial charge in [-0.2, -0.15) is 0 Å². The molecule has 0 aliphatic heterocycles. The topological polar surface area (TPSA) is 83.7 Å². The molecule has 0 saturated carbocycles. The summed E-state index contributed by atoms with van der Waals surface area (Å²) in [6.07, 6.45) is 0. The SMILES string of the molecule is CCN(Cc1cc(F)cc([N+](=O)[O-])c1)C(C)(C)C(=O)O. The second-order valence-corrected chi connectivity index (χ2v) is 4.95. The first-order valence-corrected chi connectivity index (χ1v) is 6.10. The summed E-state index contributed by atoms with van der Waals surface area (Å²) in [6.45, 7) is 5.38. The summed E-state index contributed by atoms with van der Waals surface area (Å²) in [5, 5.41) is 19.9. The number of likely N-dealkylation sites (N-methyl/N-ethyl adjacent to an activating group) is 1. The van der Waals surface area contributed by atoms with E-state index in [9.17, 15) is 24.4 Å². The largest absolute Gasteiger partial charge is 0.480 e. The summed E-state index contributed by atoms with van der Waals surface area (Å²) >= 11 is 0. The monoisotopic (exact) mass is 284 g/mol. The molecule has 0 spiro atoms. The maximum absolute atomic E-state index is 13.4. The molecule has 0 heterocycles. The Kier molecular flexibility index (Phi) is 4.78. The second-order valence-electron chi connectivity index (χ2n) is 4.95. The van der Waals surface area contributed by atoms with Crippen LogP contribution in [0.4, 0.5) is 10.1 Å². The van der Waals surface area contributed by atoms with Crippen LogP contribution in [0.1, 0.15) is 26.3 Å². The number of carbonyl (C=O) groups is 1. The Morgan fingerprint density at radius 3 is 2.50 bits per heavy atom. The number of halogens is 1. The first kappa shape index (κ1) is 16.0. The zero-order chi connectivity index (χ0) is 15.5. The number of rotatable bonds is 6. The average Bonchev–Trinajstić information content (AvgIpc) is 2.34. The normalized spacial score (nSPS) is 11.7. The van der Waals surface area contributed by atoms with E-state index in [1.165, 1.54) is 26.0 Å². The number of carboxylic acids is 1. The number of benzene rings is 1. The van der Waals surface area contributed by atoms with Crippen LogP contribution in [-0.2, 0) is 11.3 Å². The Morgan fingerprint density at radius 2 is 2.05 bits per heavy atom. The molecule has 0 atom stereocenters. The highest BCUT2D eigenvalue weighted by Gasteiger charge is 2.33. The first-order chi connectivity index (χ1) is 9.18. The van der Waals surface area contributed by atoms with Gasteiger partial charge in [0.05, 0.1) is 11.0 Å². The van der Waals surface area contributed by atoms with E-state index in [-0.39, 0.29) is 12.2 Å².